The number of benzene rings is 1. The van der Waals surface area contributed by atoms with Gasteiger partial charge < -0.3 is 9.32 Å². The van der Waals surface area contributed by atoms with E-state index in [1.54, 1.807) is 6.26 Å². The van der Waals surface area contributed by atoms with E-state index in [9.17, 15) is 4.79 Å². The number of carbonyl (C=O) groups excluding carboxylic acids is 1. The number of amides is 1. The van der Waals surface area contributed by atoms with Gasteiger partial charge in [-0.1, -0.05) is 12.1 Å². The van der Waals surface area contributed by atoms with Gasteiger partial charge in [0.15, 0.2) is 0 Å². The van der Waals surface area contributed by atoms with E-state index < -0.39 is 0 Å². The van der Waals surface area contributed by atoms with Crippen LogP contribution in [0.4, 0.5) is 0 Å². The van der Waals surface area contributed by atoms with Gasteiger partial charge in [-0.2, -0.15) is 0 Å². The lowest BCUT2D eigenvalue weighted by molar-refractivity contribution is -0.130. The predicted octanol–water partition coefficient (Wildman–Crippen LogP) is 3.46. The van der Waals surface area contributed by atoms with E-state index in [2.05, 4.69) is 19.9 Å². The molecule has 0 aliphatic rings. The smallest absolute Gasteiger partial charge is 0.227 e. The van der Waals surface area contributed by atoms with E-state index in [0.29, 0.717) is 6.42 Å². The Labute approximate surface area is 114 Å². The van der Waals surface area contributed by atoms with Gasteiger partial charge >= 0.3 is 0 Å². The molecule has 0 atom stereocenters. The van der Waals surface area contributed by atoms with Crippen LogP contribution < -0.4 is 0 Å². The lowest BCUT2D eigenvalue weighted by atomic mass is 10.0. The fourth-order valence-electron chi connectivity index (χ4n) is 2.38. The summed E-state index contributed by atoms with van der Waals surface area (Å²) in [5, 5.41) is 1.06. The van der Waals surface area contributed by atoms with Crippen LogP contribution in [0.1, 0.15) is 30.5 Å². The maximum atomic E-state index is 12.2. The summed E-state index contributed by atoms with van der Waals surface area (Å²) in [6.45, 7) is 9.63. The highest BCUT2D eigenvalue weighted by atomic mass is 16.3. The summed E-state index contributed by atoms with van der Waals surface area (Å²) in [7, 11) is 0. The van der Waals surface area contributed by atoms with Gasteiger partial charge in [0.1, 0.15) is 5.58 Å². The number of hydrogen-bond donors (Lipinski definition) is 0. The molecule has 102 valence electrons. The minimum atomic E-state index is 0.158. The molecule has 0 radical (unpaired) electrons. The Kier molecular flexibility index (Phi) is 3.93. The van der Waals surface area contributed by atoms with Crippen LogP contribution >= 0.6 is 0 Å². The van der Waals surface area contributed by atoms with Gasteiger partial charge in [-0.3, -0.25) is 4.79 Å². The molecule has 3 heteroatoms. The van der Waals surface area contributed by atoms with Crippen LogP contribution in [0.15, 0.2) is 22.8 Å². The lowest BCUT2D eigenvalue weighted by Crippen LogP contribution is -2.31. The molecule has 1 aromatic carbocycles. The molecule has 0 unspecified atom stereocenters. The fourth-order valence-corrected chi connectivity index (χ4v) is 2.38. The largest absolute Gasteiger partial charge is 0.464 e. The monoisotopic (exact) mass is 259 g/mol. The third kappa shape index (κ3) is 2.50. The Morgan fingerprint density at radius 1 is 1.21 bits per heavy atom. The van der Waals surface area contributed by atoms with Crippen LogP contribution in [0.5, 0.6) is 0 Å². The molecule has 0 bridgehead atoms. The van der Waals surface area contributed by atoms with Gasteiger partial charge in [0, 0.05) is 24.0 Å². The molecule has 3 nitrogen and oxygen atoms in total. The van der Waals surface area contributed by atoms with Crippen molar-refractivity contribution in [3.8, 4) is 0 Å². The highest BCUT2D eigenvalue weighted by Crippen LogP contribution is 2.27. The summed E-state index contributed by atoms with van der Waals surface area (Å²) in [6, 6.07) is 4.13. The van der Waals surface area contributed by atoms with E-state index in [0.717, 1.165) is 35.2 Å². The van der Waals surface area contributed by atoms with Crippen molar-refractivity contribution >= 4 is 16.9 Å². The third-order valence-electron chi connectivity index (χ3n) is 3.80. The second kappa shape index (κ2) is 5.47. The molecule has 2 rings (SSSR count). The van der Waals surface area contributed by atoms with E-state index in [4.69, 9.17) is 4.42 Å². The van der Waals surface area contributed by atoms with Crippen LogP contribution in [-0.4, -0.2) is 23.9 Å². The molecule has 0 aliphatic carbocycles. The molecule has 0 spiro atoms. The van der Waals surface area contributed by atoms with Crippen molar-refractivity contribution in [2.24, 2.45) is 0 Å². The maximum absolute atomic E-state index is 12.2. The van der Waals surface area contributed by atoms with Crippen LogP contribution in [0.25, 0.3) is 11.0 Å². The van der Waals surface area contributed by atoms with Crippen molar-refractivity contribution in [3.05, 3.63) is 35.1 Å². The Bertz CT molecular complexity index is 594. The Balaban J connectivity index is 2.32. The van der Waals surface area contributed by atoms with E-state index in [-0.39, 0.29) is 5.91 Å². The summed E-state index contributed by atoms with van der Waals surface area (Å²) in [6.07, 6.45) is 2.13. The first kappa shape index (κ1) is 13.7. The average molecular weight is 259 g/mol. The minimum absolute atomic E-state index is 0.158. The molecule has 1 amide bonds. The zero-order chi connectivity index (χ0) is 14.0. The van der Waals surface area contributed by atoms with Crippen LogP contribution in [-0.2, 0) is 11.2 Å². The highest BCUT2D eigenvalue weighted by molar-refractivity contribution is 5.89. The molecule has 1 aromatic heterocycles. The Morgan fingerprint density at radius 2 is 1.89 bits per heavy atom. The van der Waals surface area contributed by atoms with Gasteiger partial charge in [-0.15, -0.1) is 0 Å². The number of carbonyl (C=O) groups is 1. The van der Waals surface area contributed by atoms with E-state index >= 15 is 0 Å². The first-order valence-corrected chi connectivity index (χ1v) is 6.82. The lowest BCUT2D eigenvalue weighted by Gasteiger charge is -2.18. The molecule has 0 fully saturated rings. The summed E-state index contributed by atoms with van der Waals surface area (Å²) >= 11 is 0. The molecule has 0 aliphatic heterocycles. The maximum Gasteiger partial charge on any atom is 0.227 e. The van der Waals surface area contributed by atoms with E-state index in [1.807, 2.05) is 24.8 Å². The van der Waals surface area contributed by atoms with Gasteiger partial charge in [0.05, 0.1) is 12.7 Å². The third-order valence-corrected chi connectivity index (χ3v) is 3.80. The first-order valence-electron chi connectivity index (χ1n) is 6.82. The van der Waals surface area contributed by atoms with Crippen molar-refractivity contribution in [1.82, 2.24) is 4.90 Å². The number of hydrogen-bond acceptors (Lipinski definition) is 2. The van der Waals surface area contributed by atoms with Gasteiger partial charge in [0.25, 0.3) is 0 Å². The van der Waals surface area contributed by atoms with Gasteiger partial charge in [-0.25, -0.2) is 0 Å². The molecule has 1 heterocycles. The predicted molar refractivity (Wildman–Crippen MR) is 77.3 cm³/mol. The number of nitrogens with zero attached hydrogens (tertiary/aromatic N) is 1. The average Bonchev–Trinajstić information content (AvgIpc) is 2.79. The number of aryl methyl sites for hydroxylation is 2. The summed E-state index contributed by atoms with van der Waals surface area (Å²) in [4.78, 5) is 14.0. The number of furan rings is 1. The summed E-state index contributed by atoms with van der Waals surface area (Å²) < 4.78 is 5.64. The number of fused-ring (bicyclic) bond motifs is 1. The molecular formula is C16H21NO2. The van der Waals surface area contributed by atoms with Crippen molar-refractivity contribution in [2.75, 3.05) is 13.1 Å². The van der Waals surface area contributed by atoms with E-state index in [1.165, 1.54) is 5.56 Å². The molecule has 0 N–H and O–H groups in total. The molecule has 0 saturated heterocycles. The van der Waals surface area contributed by atoms with Crippen LogP contribution in [0.2, 0.25) is 0 Å². The molecule has 2 aromatic rings. The Morgan fingerprint density at radius 3 is 2.53 bits per heavy atom. The van der Waals surface area contributed by atoms with Crippen molar-refractivity contribution in [2.45, 2.75) is 34.1 Å². The first-order chi connectivity index (χ1) is 9.08. The van der Waals surface area contributed by atoms with Crippen molar-refractivity contribution in [3.63, 3.8) is 0 Å². The van der Waals surface area contributed by atoms with Gasteiger partial charge in [-0.05, 0) is 38.8 Å². The van der Waals surface area contributed by atoms with Gasteiger partial charge in [0.2, 0.25) is 5.91 Å². The topological polar surface area (TPSA) is 33.5 Å². The SMILES string of the molecule is CCN(CC)C(=O)Cc1coc2c(C)c(C)ccc12. The van der Waals surface area contributed by atoms with Crippen molar-refractivity contribution < 1.29 is 9.21 Å². The molecule has 0 saturated carbocycles. The summed E-state index contributed by atoms with van der Waals surface area (Å²) in [5.41, 5.74) is 4.25. The second-order valence-electron chi connectivity index (χ2n) is 4.89. The van der Waals surface area contributed by atoms with Crippen LogP contribution in [0, 0.1) is 13.8 Å². The van der Waals surface area contributed by atoms with Crippen molar-refractivity contribution in [1.29, 1.82) is 0 Å². The quantitative estimate of drug-likeness (QED) is 0.842. The molecule has 19 heavy (non-hydrogen) atoms. The fraction of sp³-hybridized carbons (Fsp3) is 0.438. The number of likely N-dealkylation sites (N-methyl/N-ethyl adjacent to an activating group) is 1. The number of rotatable bonds is 4. The Hall–Kier alpha value is -1.77. The standard InChI is InChI=1S/C16H21NO2/c1-5-17(6-2)15(18)9-13-10-19-16-12(4)11(3)7-8-14(13)16/h7-8,10H,5-6,9H2,1-4H3. The minimum Gasteiger partial charge on any atom is -0.464 e. The summed E-state index contributed by atoms with van der Waals surface area (Å²) in [5.74, 6) is 0.158. The molecular weight excluding hydrogens is 238 g/mol. The zero-order valence-electron chi connectivity index (χ0n) is 12.1. The zero-order valence-corrected chi connectivity index (χ0v) is 12.1. The highest BCUT2D eigenvalue weighted by Gasteiger charge is 2.15. The normalized spacial score (nSPS) is 10.9. The van der Waals surface area contributed by atoms with Crippen LogP contribution in [0.3, 0.4) is 0 Å². The second-order valence-corrected chi connectivity index (χ2v) is 4.89.